The molecule has 0 aliphatic heterocycles. The van der Waals surface area contributed by atoms with Crippen LogP contribution in [0.15, 0.2) is 43.0 Å². The van der Waals surface area contributed by atoms with Crippen LogP contribution in [-0.4, -0.2) is 27.3 Å². The van der Waals surface area contributed by atoms with Crippen LogP contribution >= 0.6 is 0 Å². The van der Waals surface area contributed by atoms with Gasteiger partial charge in [-0.25, -0.2) is 9.97 Å². The molecule has 0 aliphatic carbocycles. The van der Waals surface area contributed by atoms with Crippen LogP contribution in [0.2, 0.25) is 0 Å². The Morgan fingerprint density at radius 3 is 2.95 bits per heavy atom. The number of hydrogen-bond acceptors (Lipinski definition) is 5. The smallest absolute Gasteiger partial charge is 0.213 e. The Balaban J connectivity index is 1.87. The van der Waals surface area contributed by atoms with Crippen molar-refractivity contribution < 1.29 is 14.3 Å². The molecule has 3 aromatic heterocycles. The minimum Gasteiger partial charge on any atom is -0.486 e. The van der Waals surface area contributed by atoms with Crippen molar-refractivity contribution in [2.24, 2.45) is 0 Å². The quantitative estimate of drug-likeness (QED) is 0.677. The Morgan fingerprint density at radius 1 is 1.32 bits per heavy atom. The summed E-state index contributed by atoms with van der Waals surface area (Å²) in [7, 11) is 1.51. The lowest BCUT2D eigenvalue weighted by molar-refractivity contribution is 0.101. The van der Waals surface area contributed by atoms with Crippen molar-refractivity contribution in [3.63, 3.8) is 0 Å². The molecule has 0 aliphatic rings. The first-order valence-electron chi connectivity index (χ1n) is 6.77. The summed E-state index contributed by atoms with van der Waals surface area (Å²) in [6.07, 6.45) is 7.02. The fraction of sp³-hybridized carbons (Fsp3) is 0.188. The summed E-state index contributed by atoms with van der Waals surface area (Å²) >= 11 is 0. The van der Waals surface area contributed by atoms with E-state index in [0.29, 0.717) is 23.8 Å². The topological polar surface area (TPSA) is 65.7 Å². The van der Waals surface area contributed by atoms with Crippen LogP contribution in [0, 0.1) is 0 Å². The van der Waals surface area contributed by atoms with Gasteiger partial charge in [-0.1, -0.05) is 6.07 Å². The van der Waals surface area contributed by atoms with Gasteiger partial charge in [0.05, 0.1) is 18.9 Å². The summed E-state index contributed by atoms with van der Waals surface area (Å²) in [5.41, 5.74) is 2.20. The third kappa shape index (κ3) is 2.63. The zero-order valence-corrected chi connectivity index (χ0v) is 12.3. The van der Waals surface area contributed by atoms with Crippen LogP contribution in [-0.2, 0) is 6.61 Å². The molecular formula is C16H15N3O3. The number of imidazole rings is 1. The second-order valence-electron chi connectivity index (χ2n) is 4.76. The molecule has 112 valence electrons. The van der Waals surface area contributed by atoms with E-state index < -0.39 is 0 Å². The zero-order chi connectivity index (χ0) is 15.5. The third-order valence-corrected chi connectivity index (χ3v) is 3.31. The highest BCUT2D eigenvalue weighted by molar-refractivity contribution is 5.96. The molecule has 0 amide bonds. The van der Waals surface area contributed by atoms with Gasteiger partial charge in [-0.15, -0.1) is 0 Å². The second-order valence-corrected chi connectivity index (χ2v) is 4.76. The van der Waals surface area contributed by atoms with Crippen LogP contribution in [0.5, 0.6) is 11.6 Å². The van der Waals surface area contributed by atoms with Gasteiger partial charge in [0.2, 0.25) is 5.88 Å². The van der Waals surface area contributed by atoms with E-state index in [2.05, 4.69) is 9.97 Å². The maximum atomic E-state index is 11.7. The van der Waals surface area contributed by atoms with Crippen molar-refractivity contribution >= 4 is 11.4 Å². The number of ketones is 1. The standard InChI is InChI=1S/C16H15N3O3/c1-11(20)13-8-15(21-2)18-9-14(13)22-10-12-4-3-6-19-7-5-17-16(12)19/h3-9H,10H2,1-2H3. The van der Waals surface area contributed by atoms with Crippen molar-refractivity contribution in [1.82, 2.24) is 14.4 Å². The molecule has 6 heteroatoms. The van der Waals surface area contributed by atoms with Crippen LogP contribution < -0.4 is 9.47 Å². The molecule has 3 aromatic rings. The van der Waals surface area contributed by atoms with E-state index >= 15 is 0 Å². The minimum atomic E-state index is -0.102. The van der Waals surface area contributed by atoms with E-state index in [4.69, 9.17) is 9.47 Å². The molecule has 0 radical (unpaired) electrons. The number of rotatable bonds is 5. The summed E-state index contributed by atoms with van der Waals surface area (Å²) < 4.78 is 12.7. The molecule has 0 fully saturated rings. The number of carbonyl (C=O) groups excluding carboxylic acids is 1. The summed E-state index contributed by atoms with van der Waals surface area (Å²) in [6, 6.07) is 5.44. The zero-order valence-electron chi connectivity index (χ0n) is 12.3. The monoisotopic (exact) mass is 297 g/mol. The molecule has 0 N–H and O–H groups in total. The Morgan fingerprint density at radius 2 is 2.18 bits per heavy atom. The first kappa shape index (κ1) is 14.1. The maximum absolute atomic E-state index is 11.7. The second kappa shape index (κ2) is 5.85. The molecule has 0 saturated heterocycles. The number of aromatic nitrogens is 3. The minimum absolute atomic E-state index is 0.102. The van der Waals surface area contributed by atoms with E-state index in [1.165, 1.54) is 20.2 Å². The normalized spacial score (nSPS) is 10.6. The van der Waals surface area contributed by atoms with E-state index in [1.807, 2.05) is 28.9 Å². The number of nitrogens with zero attached hydrogens (tertiary/aromatic N) is 3. The van der Waals surface area contributed by atoms with Crippen molar-refractivity contribution in [3.8, 4) is 11.6 Å². The predicted molar refractivity (Wildman–Crippen MR) is 80.3 cm³/mol. The molecule has 0 atom stereocenters. The lowest BCUT2D eigenvalue weighted by Crippen LogP contribution is -2.04. The van der Waals surface area contributed by atoms with Crippen LogP contribution in [0.3, 0.4) is 0 Å². The summed E-state index contributed by atoms with van der Waals surface area (Å²) in [6.45, 7) is 1.78. The van der Waals surface area contributed by atoms with Gasteiger partial charge >= 0.3 is 0 Å². The highest BCUT2D eigenvalue weighted by Gasteiger charge is 2.12. The maximum Gasteiger partial charge on any atom is 0.213 e. The Bertz CT molecular complexity index is 826. The lowest BCUT2D eigenvalue weighted by atomic mass is 10.2. The van der Waals surface area contributed by atoms with Crippen molar-refractivity contribution in [2.75, 3.05) is 7.11 Å². The van der Waals surface area contributed by atoms with Crippen LogP contribution in [0.1, 0.15) is 22.8 Å². The first-order valence-corrected chi connectivity index (χ1v) is 6.77. The fourth-order valence-corrected chi connectivity index (χ4v) is 2.20. The van der Waals surface area contributed by atoms with Crippen LogP contribution in [0.25, 0.3) is 5.65 Å². The van der Waals surface area contributed by atoms with Crippen molar-refractivity contribution in [1.29, 1.82) is 0 Å². The molecule has 6 nitrogen and oxygen atoms in total. The highest BCUT2D eigenvalue weighted by atomic mass is 16.5. The van der Waals surface area contributed by atoms with Gasteiger partial charge in [0, 0.05) is 30.2 Å². The number of methoxy groups -OCH3 is 1. The number of pyridine rings is 2. The molecule has 22 heavy (non-hydrogen) atoms. The SMILES string of the molecule is COc1cc(C(C)=O)c(OCc2cccn3ccnc23)cn1. The van der Waals surface area contributed by atoms with Gasteiger partial charge in [0.25, 0.3) is 0 Å². The molecule has 0 aromatic carbocycles. The summed E-state index contributed by atoms with van der Waals surface area (Å²) in [5, 5.41) is 0. The Hall–Kier alpha value is -2.89. The fourth-order valence-electron chi connectivity index (χ4n) is 2.20. The molecule has 3 heterocycles. The summed E-state index contributed by atoms with van der Waals surface area (Å²) in [5.74, 6) is 0.712. The average molecular weight is 297 g/mol. The largest absolute Gasteiger partial charge is 0.486 e. The summed E-state index contributed by atoms with van der Waals surface area (Å²) in [4.78, 5) is 20.1. The predicted octanol–water partition coefficient (Wildman–Crippen LogP) is 2.52. The first-order chi connectivity index (χ1) is 10.7. The highest BCUT2D eigenvalue weighted by Crippen LogP contribution is 2.23. The van der Waals surface area contributed by atoms with Gasteiger partial charge < -0.3 is 13.9 Å². The van der Waals surface area contributed by atoms with Gasteiger partial charge in [-0.2, -0.15) is 0 Å². The number of Topliss-reactive ketones (excluding diaryl/α,β-unsaturated/α-hetero) is 1. The van der Waals surface area contributed by atoms with Crippen LogP contribution in [0.4, 0.5) is 0 Å². The van der Waals surface area contributed by atoms with E-state index in [1.54, 1.807) is 12.3 Å². The number of ether oxygens (including phenoxy) is 2. The van der Waals surface area contributed by atoms with Gasteiger partial charge in [0.15, 0.2) is 5.78 Å². The molecule has 0 unspecified atom stereocenters. The Kier molecular flexibility index (Phi) is 3.74. The lowest BCUT2D eigenvalue weighted by Gasteiger charge is -2.11. The molecule has 0 bridgehead atoms. The third-order valence-electron chi connectivity index (χ3n) is 3.31. The number of carbonyl (C=O) groups is 1. The van der Waals surface area contributed by atoms with Gasteiger partial charge in [0.1, 0.15) is 18.0 Å². The van der Waals surface area contributed by atoms with Gasteiger partial charge in [-0.05, 0) is 13.0 Å². The van der Waals surface area contributed by atoms with E-state index in [-0.39, 0.29) is 5.78 Å². The number of fused-ring (bicyclic) bond motifs is 1. The molecule has 0 saturated carbocycles. The number of hydrogen-bond donors (Lipinski definition) is 0. The molecule has 3 rings (SSSR count). The van der Waals surface area contributed by atoms with E-state index in [0.717, 1.165) is 11.2 Å². The Labute approximate surface area is 127 Å². The van der Waals surface area contributed by atoms with Crippen molar-refractivity contribution in [2.45, 2.75) is 13.5 Å². The van der Waals surface area contributed by atoms with Crippen molar-refractivity contribution in [3.05, 3.63) is 54.1 Å². The average Bonchev–Trinajstić information content (AvgIpc) is 3.01. The molecule has 0 spiro atoms. The molecular weight excluding hydrogens is 282 g/mol. The van der Waals surface area contributed by atoms with E-state index in [9.17, 15) is 4.79 Å². The van der Waals surface area contributed by atoms with Gasteiger partial charge in [-0.3, -0.25) is 4.79 Å².